The summed E-state index contributed by atoms with van der Waals surface area (Å²) >= 11 is 0. The molecule has 0 aliphatic carbocycles. The molecule has 0 atom stereocenters. The minimum absolute atomic E-state index is 0.249. The van der Waals surface area contributed by atoms with Crippen LogP contribution in [0.15, 0.2) is 52.2 Å². The van der Waals surface area contributed by atoms with E-state index in [1.54, 1.807) is 13.0 Å². The van der Waals surface area contributed by atoms with Crippen molar-refractivity contribution >= 4 is 11.6 Å². The molecule has 104 valence electrons. The number of benzene rings is 1. The van der Waals surface area contributed by atoms with Crippen LogP contribution in [0.1, 0.15) is 41.4 Å². The molecule has 0 aliphatic heterocycles. The highest BCUT2D eigenvalue weighted by atomic mass is 16.3. The van der Waals surface area contributed by atoms with Gasteiger partial charge in [0.2, 0.25) is 0 Å². The normalized spacial score (nSPS) is 11.4. The Kier molecular flexibility index (Phi) is 4.71. The van der Waals surface area contributed by atoms with Gasteiger partial charge >= 0.3 is 0 Å². The van der Waals surface area contributed by atoms with Crippen LogP contribution in [0.25, 0.3) is 0 Å². The molecule has 1 amide bonds. The number of nitrogens with one attached hydrogen (secondary N) is 1. The number of aryl methyl sites for hydroxylation is 1. The van der Waals surface area contributed by atoms with E-state index in [-0.39, 0.29) is 5.91 Å². The number of carbonyl (C=O) groups excluding carboxylic acids is 1. The number of hydrazone groups is 1. The summed E-state index contributed by atoms with van der Waals surface area (Å²) in [5, 5.41) is 4.26. The van der Waals surface area contributed by atoms with Gasteiger partial charge in [0, 0.05) is 0 Å². The van der Waals surface area contributed by atoms with E-state index < -0.39 is 0 Å². The number of carbonyl (C=O) groups is 1. The number of amides is 1. The van der Waals surface area contributed by atoms with Crippen LogP contribution in [0.4, 0.5) is 0 Å². The molecule has 20 heavy (non-hydrogen) atoms. The van der Waals surface area contributed by atoms with Gasteiger partial charge in [-0.15, -0.1) is 0 Å². The van der Waals surface area contributed by atoms with Gasteiger partial charge < -0.3 is 4.42 Å². The molecule has 0 bridgehead atoms. The van der Waals surface area contributed by atoms with Crippen LogP contribution in [0.3, 0.4) is 0 Å². The number of rotatable bonds is 5. The van der Waals surface area contributed by atoms with Crippen LogP contribution >= 0.6 is 0 Å². The number of nitrogens with zero attached hydrogens (tertiary/aromatic N) is 1. The molecule has 0 radical (unpaired) electrons. The fraction of sp³-hybridized carbons (Fsp3) is 0.250. The van der Waals surface area contributed by atoms with Crippen molar-refractivity contribution in [2.75, 3.05) is 0 Å². The second-order valence-corrected chi connectivity index (χ2v) is 4.51. The number of hydrogen-bond donors (Lipinski definition) is 1. The summed E-state index contributed by atoms with van der Waals surface area (Å²) in [6, 6.07) is 11.5. The van der Waals surface area contributed by atoms with E-state index in [2.05, 4.69) is 17.5 Å². The quantitative estimate of drug-likeness (QED) is 0.667. The van der Waals surface area contributed by atoms with Gasteiger partial charge in [0.1, 0.15) is 5.76 Å². The molecule has 0 unspecified atom stereocenters. The van der Waals surface area contributed by atoms with Crippen molar-refractivity contribution in [1.82, 2.24) is 5.43 Å². The molecule has 4 heteroatoms. The lowest BCUT2D eigenvalue weighted by atomic mass is 10.1. The zero-order valence-electron chi connectivity index (χ0n) is 11.7. The van der Waals surface area contributed by atoms with Gasteiger partial charge in [-0.1, -0.05) is 43.7 Å². The summed E-state index contributed by atoms with van der Waals surface area (Å²) in [5.41, 5.74) is 5.01. The van der Waals surface area contributed by atoms with Crippen LogP contribution in [0.2, 0.25) is 0 Å². The first-order valence-electron chi connectivity index (χ1n) is 6.68. The highest BCUT2D eigenvalue weighted by Gasteiger charge is 2.11. The lowest BCUT2D eigenvalue weighted by molar-refractivity contribution is 0.0953. The Morgan fingerprint density at radius 3 is 2.60 bits per heavy atom. The van der Waals surface area contributed by atoms with Crippen molar-refractivity contribution in [3.05, 3.63) is 59.5 Å². The van der Waals surface area contributed by atoms with Crippen molar-refractivity contribution in [1.29, 1.82) is 0 Å². The fourth-order valence-electron chi connectivity index (χ4n) is 1.93. The number of hydrogen-bond acceptors (Lipinski definition) is 3. The SMILES string of the molecule is CCC/C(=N/NC(=O)c1ccoc1C)c1ccccc1. The largest absolute Gasteiger partial charge is 0.469 e. The van der Waals surface area contributed by atoms with Crippen LogP contribution in [-0.4, -0.2) is 11.6 Å². The summed E-state index contributed by atoms with van der Waals surface area (Å²) in [6.07, 6.45) is 3.28. The molecular weight excluding hydrogens is 252 g/mol. The lowest BCUT2D eigenvalue weighted by Gasteiger charge is -2.06. The standard InChI is InChI=1S/C16H18N2O2/c1-3-7-15(13-8-5-4-6-9-13)17-18-16(19)14-10-11-20-12(14)2/h4-6,8-11H,3,7H2,1-2H3,(H,18,19)/b17-15-. The van der Waals surface area contributed by atoms with Crippen molar-refractivity contribution in [3.8, 4) is 0 Å². The Morgan fingerprint density at radius 1 is 1.25 bits per heavy atom. The van der Waals surface area contributed by atoms with Gasteiger partial charge in [-0.05, 0) is 25.0 Å². The zero-order valence-corrected chi connectivity index (χ0v) is 11.7. The van der Waals surface area contributed by atoms with Crippen LogP contribution < -0.4 is 5.43 Å². The van der Waals surface area contributed by atoms with Crippen molar-refractivity contribution < 1.29 is 9.21 Å². The Bertz CT molecular complexity index is 600. The van der Waals surface area contributed by atoms with Gasteiger partial charge in [0.05, 0.1) is 17.5 Å². The summed E-state index contributed by atoms with van der Waals surface area (Å²) in [4.78, 5) is 12.0. The molecule has 1 aromatic carbocycles. The van der Waals surface area contributed by atoms with Crippen molar-refractivity contribution in [3.63, 3.8) is 0 Å². The molecule has 1 heterocycles. The smallest absolute Gasteiger partial charge is 0.274 e. The Morgan fingerprint density at radius 2 is 2.00 bits per heavy atom. The molecule has 4 nitrogen and oxygen atoms in total. The van der Waals surface area contributed by atoms with E-state index in [4.69, 9.17) is 4.42 Å². The topological polar surface area (TPSA) is 54.6 Å². The molecule has 2 rings (SSSR count). The molecule has 1 aromatic heterocycles. The maximum Gasteiger partial charge on any atom is 0.274 e. The molecular formula is C16H18N2O2. The van der Waals surface area contributed by atoms with E-state index in [0.29, 0.717) is 11.3 Å². The zero-order chi connectivity index (χ0) is 14.4. The van der Waals surface area contributed by atoms with E-state index in [0.717, 1.165) is 24.1 Å². The van der Waals surface area contributed by atoms with E-state index in [9.17, 15) is 4.79 Å². The van der Waals surface area contributed by atoms with Crippen molar-refractivity contribution in [2.45, 2.75) is 26.7 Å². The summed E-state index contributed by atoms with van der Waals surface area (Å²) in [6.45, 7) is 3.84. The maximum atomic E-state index is 12.0. The van der Waals surface area contributed by atoms with Gasteiger partial charge in [-0.25, -0.2) is 5.43 Å². The molecule has 0 spiro atoms. The molecule has 2 aromatic rings. The Balaban J connectivity index is 2.14. The third-order valence-corrected chi connectivity index (χ3v) is 2.99. The van der Waals surface area contributed by atoms with Crippen molar-refractivity contribution in [2.24, 2.45) is 5.10 Å². The molecule has 0 saturated heterocycles. The van der Waals surface area contributed by atoms with E-state index in [1.165, 1.54) is 6.26 Å². The predicted molar refractivity (Wildman–Crippen MR) is 78.8 cm³/mol. The Hall–Kier alpha value is -2.36. The van der Waals surface area contributed by atoms with E-state index in [1.807, 2.05) is 30.3 Å². The fourth-order valence-corrected chi connectivity index (χ4v) is 1.93. The third-order valence-electron chi connectivity index (χ3n) is 2.99. The van der Waals surface area contributed by atoms with Crippen LogP contribution in [-0.2, 0) is 0 Å². The highest BCUT2D eigenvalue weighted by molar-refractivity contribution is 6.02. The van der Waals surface area contributed by atoms with Gasteiger partial charge in [-0.3, -0.25) is 4.79 Å². The first kappa shape index (κ1) is 14.1. The first-order chi connectivity index (χ1) is 9.72. The highest BCUT2D eigenvalue weighted by Crippen LogP contribution is 2.09. The van der Waals surface area contributed by atoms with Gasteiger partial charge in [-0.2, -0.15) is 5.10 Å². The first-order valence-corrected chi connectivity index (χ1v) is 6.68. The van der Waals surface area contributed by atoms with Crippen LogP contribution in [0.5, 0.6) is 0 Å². The lowest BCUT2D eigenvalue weighted by Crippen LogP contribution is -2.20. The molecule has 1 N–H and O–H groups in total. The van der Waals surface area contributed by atoms with E-state index >= 15 is 0 Å². The molecule has 0 fully saturated rings. The second-order valence-electron chi connectivity index (χ2n) is 4.51. The maximum absolute atomic E-state index is 12.0. The summed E-state index contributed by atoms with van der Waals surface area (Å²) in [7, 11) is 0. The monoisotopic (exact) mass is 270 g/mol. The predicted octanol–water partition coefficient (Wildman–Crippen LogP) is 3.52. The number of furan rings is 1. The molecule has 0 saturated carbocycles. The minimum atomic E-state index is -0.249. The summed E-state index contributed by atoms with van der Waals surface area (Å²) < 4.78 is 5.12. The second kappa shape index (κ2) is 6.70. The molecule has 0 aliphatic rings. The summed E-state index contributed by atoms with van der Waals surface area (Å²) in [5.74, 6) is 0.343. The van der Waals surface area contributed by atoms with Gasteiger partial charge in [0.15, 0.2) is 0 Å². The minimum Gasteiger partial charge on any atom is -0.469 e. The average molecular weight is 270 g/mol. The van der Waals surface area contributed by atoms with Crippen LogP contribution in [0, 0.1) is 6.92 Å². The Labute approximate surface area is 118 Å². The van der Waals surface area contributed by atoms with Gasteiger partial charge in [0.25, 0.3) is 5.91 Å². The third kappa shape index (κ3) is 3.35. The average Bonchev–Trinajstić information content (AvgIpc) is 2.90.